The first-order chi connectivity index (χ1) is 6.79. The highest BCUT2D eigenvalue weighted by atomic mass is 32.2. The van der Waals surface area contributed by atoms with Gasteiger partial charge in [-0.3, -0.25) is 10.1 Å². The number of hydrogen-bond donors (Lipinski definition) is 0. The Hall–Kier alpha value is -1.63. The van der Waals surface area contributed by atoms with Crippen molar-refractivity contribution >= 4 is 15.8 Å². The maximum atomic E-state index is 10.8. The van der Waals surface area contributed by atoms with Crippen LogP contribution in [0, 0.1) is 17.0 Å². The van der Waals surface area contributed by atoms with Crippen molar-refractivity contribution < 1.29 is 17.5 Å². The average molecular weight is 231 g/mol. The van der Waals surface area contributed by atoms with E-state index in [1.54, 1.807) is 6.92 Å². The Balaban J connectivity index is 3.24. The molecule has 0 unspecified atom stereocenters. The third-order valence-electron chi connectivity index (χ3n) is 1.55. The lowest BCUT2D eigenvalue weighted by Gasteiger charge is -2.03. The fourth-order valence-corrected chi connectivity index (χ4v) is 1.47. The van der Waals surface area contributed by atoms with Crippen LogP contribution < -0.4 is 4.18 Å². The molecule has 82 valence electrons. The van der Waals surface area contributed by atoms with Crippen LogP contribution in [-0.4, -0.2) is 19.6 Å². The molecule has 0 amide bonds. The summed E-state index contributed by atoms with van der Waals surface area (Å²) in [5.41, 5.74) is 0.294. The number of nitro groups is 1. The van der Waals surface area contributed by atoms with Crippen LogP contribution in [0.4, 0.5) is 5.69 Å². The Bertz CT molecular complexity index is 494. The van der Waals surface area contributed by atoms with Gasteiger partial charge in [0.05, 0.1) is 11.2 Å². The lowest BCUT2D eigenvalue weighted by molar-refractivity contribution is -0.385. The zero-order chi connectivity index (χ0) is 11.6. The molecular formula is C8H9NO5S. The number of benzene rings is 1. The Labute approximate surface area is 86.8 Å². The van der Waals surface area contributed by atoms with E-state index in [0.717, 1.165) is 6.26 Å². The molecule has 0 saturated heterocycles. The molecule has 15 heavy (non-hydrogen) atoms. The van der Waals surface area contributed by atoms with Crippen LogP contribution in [-0.2, 0) is 10.1 Å². The van der Waals surface area contributed by atoms with E-state index in [1.807, 2.05) is 0 Å². The van der Waals surface area contributed by atoms with E-state index in [4.69, 9.17) is 0 Å². The van der Waals surface area contributed by atoms with E-state index in [0.29, 0.717) is 5.56 Å². The molecule has 0 heterocycles. The third kappa shape index (κ3) is 3.21. The predicted molar refractivity (Wildman–Crippen MR) is 53.3 cm³/mol. The molecule has 0 bridgehead atoms. The second kappa shape index (κ2) is 3.85. The largest absolute Gasteiger partial charge is 0.375 e. The topological polar surface area (TPSA) is 86.5 Å². The van der Waals surface area contributed by atoms with Gasteiger partial charge in [-0.2, -0.15) is 8.42 Å². The molecule has 0 radical (unpaired) electrons. The monoisotopic (exact) mass is 231 g/mol. The Kier molecular flexibility index (Phi) is 2.94. The van der Waals surface area contributed by atoms with Crippen molar-refractivity contribution in [1.29, 1.82) is 0 Å². The van der Waals surface area contributed by atoms with Gasteiger partial charge in [0.1, 0.15) is 0 Å². The molecule has 0 N–H and O–H groups in total. The molecule has 1 aromatic rings. The average Bonchev–Trinajstić information content (AvgIpc) is 2.05. The SMILES string of the molecule is Cc1ccc(OS(C)(=O)=O)c([N+](=O)[O-])c1. The quantitative estimate of drug-likeness (QED) is 0.443. The van der Waals surface area contributed by atoms with Crippen molar-refractivity contribution in [3.05, 3.63) is 33.9 Å². The zero-order valence-electron chi connectivity index (χ0n) is 8.13. The molecule has 1 aromatic carbocycles. The highest BCUT2D eigenvalue weighted by Crippen LogP contribution is 2.28. The van der Waals surface area contributed by atoms with Crippen LogP contribution in [0.25, 0.3) is 0 Å². The van der Waals surface area contributed by atoms with Gasteiger partial charge in [0.25, 0.3) is 0 Å². The van der Waals surface area contributed by atoms with Gasteiger partial charge in [0.15, 0.2) is 0 Å². The summed E-state index contributed by atoms with van der Waals surface area (Å²) in [6.45, 7) is 1.66. The summed E-state index contributed by atoms with van der Waals surface area (Å²) in [5, 5.41) is 10.6. The Morgan fingerprint density at radius 1 is 1.40 bits per heavy atom. The third-order valence-corrected chi connectivity index (χ3v) is 2.03. The van der Waals surface area contributed by atoms with Gasteiger partial charge in [-0.05, 0) is 18.6 Å². The minimum Gasteiger partial charge on any atom is -0.375 e. The summed E-state index contributed by atoms with van der Waals surface area (Å²) >= 11 is 0. The molecule has 0 atom stereocenters. The summed E-state index contributed by atoms with van der Waals surface area (Å²) in [7, 11) is -3.75. The second-order valence-corrected chi connectivity index (χ2v) is 4.59. The van der Waals surface area contributed by atoms with E-state index in [9.17, 15) is 18.5 Å². The van der Waals surface area contributed by atoms with E-state index in [2.05, 4.69) is 4.18 Å². The van der Waals surface area contributed by atoms with Crippen LogP contribution in [0.1, 0.15) is 5.56 Å². The lowest BCUT2D eigenvalue weighted by Crippen LogP contribution is -2.07. The molecule has 6 nitrogen and oxygen atoms in total. The fraction of sp³-hybridized carbons (Fsp3) is 0.250. The number of nitro benzene ring substituents is 1. The van der Waals surface area contributed by atoms with Crippen molar-refractivity contribution in [3.8, 4) is 5.75 Å². The van der Waals surface area contributed by atoms with Crippen LogP contribution in [0.2, 0.25) is 0 Å². The second-order valence-electron chi connectivity index (χ2n) is 3.02. The minimum absolute atomic E-state index is 0.270. The van der Waals surface area contributed by atoms with Gasteiger partial charge in [0, 0.05) is 6.07 Å². The Morgan fingerprint density at radius 2 is 2.00 bits per heavy atom. The molecule has 0 aliphatic carbocycles. The summed E-state index contributed by atoms with van der Waals surface area (Å²) in [6.07, 6.45) is 0.830. The van der Waals surface area contributed by atoms with Crippen molar-refractivity contribution in [1.82, 2.24) is 0 Å². The van der Waals surface area contributed by atoms with Crippen LogP contribution in [0.3, 0.4) is 0 Å². The maximum Gasteiger partial charge on any atom is 0.312 e. The molecule has 0 aliphatic rings. The Morgan fingerprint density at radius 3 is 2.47 bits per heavy atom. The summed E-state index contributed by atoms with van der Waals surface area (Å²) in [4.78, 5) is 9.90. The first-order valence-corrected chi connectivity index (χ1v) is 5.76. The summed E-state index contributed by atoms with van der Waals surface area (Å²) < 4.78 is 26.1. The van der Waals surface area contributed by atoms with Gasteiger partial charge < -0.3 is 4.18 Å². The van der Waals surface area contributed by atoms with E-state index < -0.39 is 15.0 Å². The zero-order valence-corrected chi connectivity index (χ0v) is 8.95. The highest BCUT2D eigenvalue weighted by Gasteiger charge is 2.18. The molecule has 7 heteroatoms. The number of nitrogens with zero attached hydrogens (tertiary/aromatic N) is 1. The van der Waals surface area contributed by atoms with Gasteiger partial charge in [-0.1, -0.05) is 6.07 Å². The summed E-state index contributed by atoms with van der Waals surface area (Å²) in [6, 6.07) is 4.04. The highest BCUT2D eigenvalue weighted by molar-refractivity contribution is 7.86. The molecule has 0 aromatic heterocycles. The first-order valence-electron chi connectivity index (χ1n) is 3.94. The molecule has 0 spiro atoms. The first kappa shape index (κ1) is 11.4. The van der Waals surface area contributed by atoms with Crippen molar-refractivity contribution in [2.24, 2.45) is 0 Å². The van der Waals surface area contributed by atoms with Crippen molar-refractivity contribution in [3.63, 3.8) is 0 Å². The van der Waals surface area contributed by atoms with Crippen molar-refractivity contribution in [2.75, 3.05) is 6.26 Å². The minimum atomic E-state index is -3.75. The van der Waals surface area contributed by atoms with Crippen LogP contribution >= 0.6 is 0 Å². The van der Waals surface area contributed by atoms with Gasteiger partial charge in [0.2, 0.25) is 5.75 Å². The van der Waals surface area contributed by atoms with Gasteiger partial charge in [-0.25, -0.2) is 0 Å². The van der Waals surface area contributed by atoms with E-state index in [-0.39, 0.29) is 11.4 Å². The molecule has 0 aliphatic heterocycles. The van der Waals surface area contributed by atoms with E-state index in [1.165, 1.54) is 18.2 Å². The number of hydrogen-bond acceptors (Lipinski definition) is 5. The van der Waals surface area contributed by atoms with E-state index >= 15 is 0 Å². The predicted octanol–water partition coefficient (Wildman–Crippen LogP) is 1.24. The molecule has 1 rings (SSSR count). The van der Waals surface area contributed by atoms with Crippen LogP contribution in [0.5, 0.6) is 5.75 Å². The standard InChI is InChI=1S/C8H9NO5S/c1-6-3-4-8(14-15(2,12)13)7(5-6)9(10)11/h3-5H,1-2H3. The fourth-order valence-electron chi connectivity index (χ4n) is 1.00. The maximum absolute atomic E-state index is 10.8. The lowest BCUT2D eigenvalue weighted by atomic mass is 10.2. The van der Waals surface area contributed by atoms with Gasteiger partial charge >= 0.3 is 15.8 Å². The normalized spacial score (nSPS) is 11.1. The van der Waals surface area contributed by atoms with Gasteiger partial charge in [-0.15, -0.1) is 0 Å². The van der Waals surface area contributed by atoms with Crippen LogP contribution in [0.15, 0.2) is 18.2 Å². The molecule has 0 saturated carbocycles. The van der Waals surface area contributed by atoms with Crippen molar-refractivity contribution in [2.45, 2.75) is 6.92 Å². The number of aryl methyl sites for hydroxylation is 1. The molecular weight excluding hydrogens is 222 g/mol. The smallest absolute Gasteiger partial charge is 0.312 e. The summed E-state index contributed by atoms with van der Waals surface area (Å²) in [5.74, 6) is -0.270. The molecule has 0 fully saturated rings. The number of rotatable bonds is 3.